The second-order valence-corrected chi connectivity index (χ2v) is 8.52. The average molecular weight is 549 g/mol. The molecule has 1 saturated carbocycles. The Morgan fingerprint density at radius 1 is 1.05 bits per heavy atom. The van der Waals surface area contributed by atoms with Crippen LogP contribution in [0.1, 0.15) is 43.3 Å². The van der Waals surface area contributed by atoms with Gasteiger partial charge in [-0.1, -0.05) is 5.10 Å². The summed E-state index contributed by atoms with van der Waals surface area (Å²) >= 11 is 0. The highest BCUT2D eigenvalue weighted by Crippen LogP contribution is 2.33. The number of rotatable bonds is 9. The zero-order valence-electron chi connectivity index (χ0n) is 20.4. The molecule has 4 rings (SSSR count). The van der Waals surface area contributed by atoms with E-state index in [9.17, 15) is 32.9 Å². The summed E-state index contributed by atoms with van der Waals surface area (Å²) in [6.07, 6.45) is 2.03. The maximum atomic E-state index is 13.8. The molecule has 1 aromatic heterocycles. The summed E-state index contributed by atoms with van der Waals surface area (Å²) < 4.78 is 56.3. The van der Waals surface area contributed by atoms with Gasteiger partial charge in [0.15, 0.2) is 11.6 Å². The van der Waals surface area contributed by atoms with Crippen LogP contribution in [-0.4, -0.2) is 39.7 Å². The van der Waals surface area contributed by atoms with Gasteiger partial charge in [0.25, 0.3) is 5.69 Å². The molecule has 0 spiro atoms. The van der Waals surface area contributed by atoms with Crippen molar-refractivity contribution in [3.63, 3.8) is 0 Å². The number of hydrogen-bond acceptors (Lipinski definition) is 10. The van der Waals surface area contributed by atoms with Crippen LogP contribution in [0.4, 0.5) is 36.2 Å². The highest BCUT2D eigenvalue weighted by atomic mass is 19.2. The Morgan fingerprint density at radius 2 is 1.77 bits per heavy atom. The molecule has 206 valence electrons. The van der Waals surface area contributed by atoms with E-state index in [4.69, 9.17) is 13.9 Å². The molecule has 1 aliphatic carbocycles. The van der Waals surface area contributed by atoms with Gasteiger partial charge < -0.3 is 24.5 Å². The topological polar surface area (TPSA) is 159 Å². The Labute approximate surface area is 218 Å². The lowest BCUT2D eigenvalue weighted by atomic mass is 9.87. The molecule has 12 nitrogen and oxygen atoms in total. The van der Waals surface area contributed by atoms with Crippen molar-refractivity contribution in [2.24, 2.45) is 5.92 Å². The van der Waals surface area contributed by atoms with E-state index >= 15 is 0 Å². The summed E-state index contributed by atoms with van der Waals surface area (Å²) in [6.45, 7) is 2.05. The van der Waals surface area contributed by atoms with Gasteiger partial charge in [0, 0.05) is 12.1 Å². The zero-order chi connectivity index (χ0) is 28.1. The largest absolute Gasteiger partial charge is 0.490 e. The van der Waals surface area contributed by atoms with Crippen molar-refractivity contribution in [2.75, 3.05) is 17.2 Å². The Morgan fingerprint density at radius 3 is 2.46 bits per heavy atom. The normalized spacial score (nSPS) is 16.8. The molecule has 0 unspecified atom stereocenters. The summed E-state index contributed by atoms with van der Waals surface area (Å²) in [5.41, 5.74) is -1.18. The van der Waals surface area contributed by atoms with Crippen molar-refractivity contribution in [3.8, 4) is 5.75 Å². The molecule has 0 atom stereocenters. The molecule has 0 bridgehead atoms. The molecular formula is C24H22F3N5O7. The number of carbonyl (C=O) groups is 2. The van der Waals surface area contributed by atoms with E-state index in [-0.39, 0.29) is 29.4 Å². The van der Waals surface area contributed by atoms with E-state index in [1.54, 1.807) is 6.92 Å². The molecule has 39 heavy (non-hydrogen) atoms. The number of benzene rings is 2. The number of esters is 1. The molecule has 0 saturated heterocycles. The number of nitro benzene ring substituents is 1. The predicted molar refractivity (Wildman–Crippen MR) is 128 cm³/mol. The number of nitrogens with zero attached hydrogens (tertiary/aromatic N) is 3. The number of anilines is 3. The van der Waals surface area contributed by atoms with Crippen molar-refractivity contribution >= 4 is 35.0 Å². The van der Waals surface area contributed by atoms with Crippen molar-refractivity contribution in [3.05, 3.63) is 63.8 Å². The van der Waals surface area contributed by atoms with Crippen molar-refractivity contribution in [2.45, 2.75) is 38.7 Å². The summed E-state index contributed by atoms with van der Waals surface area (Å²) in [7, 11) is 0. The van der Waals surface area contributed by atoms with Crippen LogP contribution in [0.3, 0.4) is 0 Å². The van der Waals surface area contributed by atoms with Crippen LogP contribution < -0.4 is 15.4 Å². The minimum absolute atomic E-state index is 0.192. The monoisotopic (exact) mass is 549 g/mol. The molecule has 1 amide bonds. The first kappa shape index (κ1) is 27.3. The number of amides is 1. The lowest BCUT2D eigenvalue weighted by molar-refractivity contribution is -0.384. The number of carbonyl (C=O) groups excluding carboxylic acids is 2. The van der Waals surface area contributed by atoms with Crippen molar-refractivity contribution in [1.82, 2.24) is 10.2 Å². The number of nitro groups is 1. The summed E-state index contributed by atoms with van der Waals surface area (Å²) in [5.74, 6) is -5.78. The third-order valence-electron chi connectivity index (χ3n) is 5.88. The lowest BCUT2D eigenvalue weighted by Gasteiger charge is -2.27. The predicted octanol–water partition coefficient (Wildman–Crippen LogP) is 4.89. The average Bonchev–Trinajstić information content (AvgIpc) is 3.37. The smallest absolute Gasteiger partial charge is 0.320 e. The molecule has 1 fully saturated rings. The summed E-state index contributed by atoms with van der Waals surface area (Å²) in [5, 5.41) is 23.1. The van der Waals surface area contributed by atoms with E-state index in [1.165, 1.54) is 12.1 Å². The number of ether oxygens (including phenoxy) is 2. The first-order valence-electron chi connectivity index (χ1n) is 11.8. The lowest BCUT2D eigenvalue weighted by Crippen LogP contribution is -2.29. The van der Waals surface area contributed by atoms with Gasteiger partial charge in [-0.2, -0.15) is 0 Å². The van der Waals surface area contributed by atoms with E-state index < -0.39 is 51.6 Å². The van der Waals surface area contributed by atoms with Crippen LogP contribution in [-0.2, 0) is 9.53 Å². The number of aromatic nitrogens is 2. The fourth-order valence-corrected chi connectivity index (χ4v) is 3.99. The summed E-state index contributed by atoms with van der Waals surface area (Å²) in [6, 6.07) is 4.17. The SMILES string of the molecule is CCOC(=O)C1CCC(Oc2ccc(NC(=O)c3nnc(Nc4cc(F)c(F)cc4F)o3)c([N+](=O)[O-])c2)CC1. The Bertz CT molecular complexity index is 1390. The van der Waals surface area contributed by atoms with Crippen LogP contribution >= 0.6 is 0 Å². The first-order valence-corrected chi connectivity index (χ1v) is 11.8. The minimum atomic E-state index is -1.40. The Balaban J connectivity index is 1.40. The highest BCUT2D eigenvalue weighted by Gasteiger charge is 2.29. The standard InChI is InChI=1S/C24H22F3N5O7/c1-2-37-23(34)12-3-5-13(6-4-12)38-14-7-8-18(20(9-14)32(35)36)28-21(33)22-30-31-24(39-22)29-19-11-16(26)15(25)10-17(19)27/h7-13H,2-6H2,1H3,(H,28,33)(H,29,31). The third kappa shape index (κ3) is 6.61. The first-order chi connectivity index (χ1) is 18.6. The fourth-order valence-electron chi connectivity index (χ4n) is 3.99. The van der Waals surface area contributed by atoms with Crippen LogP contribution in [0, 0.1) is 33.5 Å². The molecule has 0 radical (unpaired) electrons. The van der Waals surface area contributed by atoms with Gasteiger partial charge in [0.2, 0.25) is 0 Å². The molecule has 0 aliphatic heterocycles. The molecule has 2 aromatic carbocycles. The van der Waals surface area contributed by atoms with Crippen LogP contribution in [0.15, 0.2) is 34.7 Å². The zero-order valence-corrected chi connectivity index (χ0v) is 20.4. The van der Waals surface area contributed by atoms with Gasteiger partial charge in [-0.05, 0) is 44.7 Å². The fraction of sp³-hybridized carbons (Fsp3) is 0.333. The quantitative estimate of drug-likeness (QED) is 0.163. The van der Waals surface area contributed by atoms with E-state index in [2.05, 4.69) is 20.8 Å². The van der Waals surface area contributed by atoms with Gasteiger partial charge in [0.05, 0.1) is 35.3 Å². The maximum absolute atomic E-state index is 13.8. The van der Waals surface area contributed by atoms with Crippen LogP contribution in [0.2, 0.25) is 0 Å². The van der Waals surface area contributed by atoms with Crippen molar-refractivity contribution in [1.29, 1.82) is 0 Å². The molecule has 15 heteroatoms. The van der Waals surface area contributed by atoms with Gasteiger partial charge in [-0.3, -0.25) is 19.7 Å². The maximum Gasteiger partial charge on any atom is 0.320 e. The van der Waals surface area contributed by atoms with Gasteiger partial charge in [-0.25, -0.2) is 13.2 Å². The Hall–Kier alpha value is -4.69. The van der Waals surface area contributed by atoms with E-state index in [0.717, 1.165) is 6.07 Å². The minimum Gasteiger partial charge on any atom is -0.490 e. The van der Waals surface area contributed by atoms with Gasteiger partial charge in [-0.15, -0.1) is 5.10 Å². The molecular weight excluding hydrogens is 527 g/mol. The second-order valence-electron chi connectivity index (χ2n) is 8.52. The third-order valence-corrected chi connectivity index (χ3v) is 5.88. The van der Waals surface area contributed by atoms with Gasteiger partial charge in [0.1, 0.15) is 17.3 Å². The van der Waals surface area contributed by atoms with Crippen molar-refractivity contribution < 1.29 is 41.6 Å². The Kier molecular flexibility index (Phi) is 8.27. The number of halogens is 3. The molecule has 1 heterocycles. The molecule has 1 aliphatic rings. The number of hydrogen-bond donors (Lipinski definition) is 2. The van der Waals surface area contributed by atoms with Gasteiger partial charge >= 0.3 is 23.8 Å². The van der Waals surface area contributed by atoms with Crippen LogP contribution in [0.5, 0.6) is 5.75 Å². The highest BCUT2D eigenvalue weighted by molar-refractivity contribution is 6.02. The summed E-state index contributed by atoms with van der Waals surface area (Å²) in [4.78, 5) is 35.4. The second kappa shape index (κ2) is 11.8. The molecule has 2 N–H and O–H groups in total. The van der Waals surface area contributed by atoms with E-state index in [0.29, 0.717) is 44.4 Å². The number of nitrogens with one attached hydrogen (secondary N) is 2. The van der Waals surface area contributed by atoms with Crippen LogP contribution in [0.25, 0.3) is 0 Å². The molecule has 3 aromatic rings. The van der Waals surface area contributed by atoms with E-state index in [1.807, 2.05) is 0 Å².